The van der Waals surface area contributed by atoms with Gasteiger partial charge < -0.3 is 15.3 Å². The largest absolute Gasteiger partial charge is 0.508 e. The summed E-state index contributed by atoms with van der Waals surface area (Å²) in [6.45, 7) is 8.41. The fourth-order valence-corrected chi connectivity index (χ4v) is 6.26. The second kappa shape index (κ2) is 6.08. The summed E-state index contributed by atoms with van der Waals surface area (Å²) in [5, 5.41) is 33.5. The van der Waals surface area contributed by atoms with E-state index in [9.17, 15) is 15.3 Å². The van der Waals surface area contributed by atoms with Crippen molar-refractivity contribution in [2.24, 2.45) is 5.92 Å². The topological polar surface area (TPSA) is 60.7 Å². The van der Waals surface area contributed by atoms with Gasteiger partial charge in [0.05, 0.1) is 5.60 Å². The molecule has 0 spiro atoms. The van der Waals surface area contributed by atoms with Gasteiger partial charge in [-0.1, -0.05) is 57.2 Å². The van der Waals surface area contributed by atoms with Crippen LogP contribution in [0.15, 0.2) is 48.5 Å². The normalized spacial score (nSPS) is 36.4. The molecule has 4 rings (SSSR count). The molecule has 2 aliphatic carbocycles. The summed E-state index contributed by atoms with van der Waals surface area (Å²) in [5.74, 6) is 0.537. The van der Waals surface area contributed by atoms with E-state index >= 15 is 0 Å². The van der Waals surface area contributed by atoms with Crippen molar-refractivity contribution in [1.29, 1.82) is 0 Å². The zero-order valence-electron chi connectivity index (χ0n) is 17.4. The van der Waals surface area contributed by atoms with Crippen LogP contribution >= 0.6 is 0 Å². The van der Waals surface area contributed by atoms with Crippen molar-refractivity contribution < 1.29 is 15.3 Å². The minimum Gasteiger partial charge on any atom is -0.508 e. The summed E-state index contributed by atoms with van der Waals surface area (Å²) in [5.41, 5.74) is 0.357. The molecule has 0 amide bonds. The second-order valence-corrected chi connectivity index (χ2v) is 9.91. The lowest BCUT2D eigenvalue weighted by Crippen LogP contribution is -2.63. The number of aromatic hydroxyl groups is 1. The molecule has 1 saturated carbocycles. The summed E-state index contributed by atoms with van der Waals surface area (Å²) >= 11 is 0. The maximum absolute atomic E-state index is 11.8. The van der Waals surface area contributed by atoms with Gasteiger partial charge in [-0.15, -0.1) is 0 Å². The van der Waals surface area contributed by atoms with Crippen molar-refractivity contribution in [3.05, 3.63) is 65.2 Å². The van der Waals surface area contributed by atoms with Crippen molar-refractivity contribution in [1.82, 2.24) is 0 Å². The quantitative estimate of drug-likeness (QED) is 0.703. The van der Waals surface area contributed by atoms with E-state index in [4.69, 9.17) is 0 Å². The first kappa shape index (κ1) is 19.5. The number of hydrogen-bond donors (Lipinski definition) is 3. The van der Waals surface area contributed by atoms with Crippen LogP contribution in [0.2, 0.25) is 0 Å². The van der Waals surface area contributed by atoms with Gasteiger partial charge in [0.25, 0.3) is 0 Å². The van der Waals surface area contributed by atoms with Crippen molar-refractivity contribution in [3.63, 3.8) is 0 Å². The van der Waals surface area contributed by atoms with E-state index in [-0.39, 0.29) is 16.7 Å². The molecule has 0 bridgehead atoms. The van der Waals surface area contributed by atoms with Crippen LogP contribution in [-0.2, 0) is 16.4 Å². The number of rotatable bonds is 2. The highest BCUT2D eigenvalue weighted by Crippen LogP contribution is 2.62. The Kier molecular flexibility index (Phi) is 4.23. The Balaban J connectivity index is 1.90. The van der Waals surface area contributed by atoms with E-state index in [2.05, 4.69) is 20.8 Å². The van der Waals surface area contributed by atoms with Crippen molar-refractivity contribution in [2.75, 3.05) is 0 Å². The Morgan fingerprint density at radius 2 is 1.61 bits per heavy atom. The van der Waals surface area contributed by atoms with E-state index in [0.29, 0.717) is 18.6 Å². The van der Waals surface area contributed by atoms with Gasteiger partial charge in [-0.3, -0.25) is 0 Å². The van der Waals surface area contributed by atoms with Crippen LogP contribution in [0.1, 0.15) is 70.1 Å². The standard InChI is InChI=1S/C25H32O3/c1-5-24-16-23(4,27)25(28,17-9-7-6-8-10-17)15-18(24)14-22(2,3)21-13-19(26)11-12-20(21)24/h6-13,18,26-28H,5,14-16H2,1-4H3/t18-,23-,24-,25-/m1/s1. The van der Waals surface area contributed by atoms with Crippen molar-refractivity contribution >= 4 is 0 Å². The maximum Gasteiger partial charge on any atom is 0.118 e. The number of fused-ring (bicyclic) bond motifs is 3. The van der Waals surface area contributed by atoms with Gasteiger partial charge in [-0.25, -0.2) is 0 Å². The van der Waals surface area contributed by atoms with Gasteiger partial charge in [0.1, 0.15) is 11.4 Å². The highest BCUT2D eigenvalue weighted by Gasteiger charge is 2.62. The van der Waals surface area contributed by atoms with Crippen molar-refractivity contribution in [2.45, 2.75) is 75.4 Å². The molecule has 0 saturated heterocycles. The van der Waals surface area contributed by atoms with Crippen molar-refractivity contribution in [3.8, 4) is 5.75 Å². The fourth-order valence-electron chi connectivity index (χ4n) is 6.26. The van der Waals surface area contributed by atoms with Gasteiger partial charge >= 0.3 is 0 Å². The van der Waals surface area contributed by atoms with Crippen LogP contribution in [0.3, 0.4) is 0 Å². The van der Waals surface area contributed by atoms with Crippen LogP contribution in [0.4, 0.5) is 0 Å². The number of phenols is 1. The van der Waals surface area contributed by atoms with E-state index in [1.54, 1.807) is 13.0 Å². The van der Waals surface area contributed by atoms with Crippen LogP contribution < -0.4 is 0 Å². The van der Waals surface area contributed by atoms with Crippen LogP contribution in [-0.4, -0.2) is 20.9 Å². The zero-order valence-corrected chi connectivity index (χ0v) is 17.4. The molecule has 150 valence electrons. The van der Waals surface area contributed by atoms with Crippen LogP contribution in [0, 0.1) is 5.92 Å². The maximum atomic E-state index is 11.8. The Labute approximate surface area is 168 Å². The first-order valence-corrected chi connectivity index (χ1v) is 10.4. The SMILES string of the molecule is CC[C@@]12C[C@@](C)(O)[C@](O)(c3ccccc3)C[C@H]1CC(C)(C)c1cc(O)ccc12. The summed E-state index contributed by atoms with van der Waals surface area (Å²) in [4.78, 5) is 0. The minimum absolute atomic E-state index is 0.0990. The monoisotopic (exact) mass is 380 g/mol. The Morgan fingerprint density at radius 3 is 2.25 bits per heavy atom. The molecule has 2 aromatic carbocycles. The highest BCUT2D eigenvalue weighted by molar-refractivity contribution is 5.48. The number of benzene rings is 2. The molecule has 1 fully saturated rings. The van der Waals surface area contributed by atoms with Crippen LogP contribution in [0.25, 0.3) is 0 Å². The molecule has 3 N–H and O–H groups in total. The molecule has 0 radical (unpaired) electrons. The first-order chi connectivity index (χ1) is 13.1. The lowest BCUT2D eigenvalue weighted by Gasteiger charge is -2.61. The minimum atomic E-state index is -1.28. The summed E-state index contributed by atoms with van der Waals surface area (Å²) in [6, 6.07) is 15.3. The third-order valence-corrected chi connectivity index (χ3v) is 7.78. The molecule has 2 aliphatic rings. The Bertz CT molecular complexity index is 886. The molecular formula is C25H32O3. The Hall–Kier alpha value is -1.84. The molecule has 0 aliphatic heterocycles. The van der Waals surface area contributed by atoms with E-state index in [1.807, 2.05) is 42.5 Å². The number of phenolic OH excluding ortho intramolecular Hbond substituents is 1. The molecule has 2 aromatic rings. The third kappa shape index (κ3) is 2.56. The van der Waals surface area contributed by atoms with Gasteiger partial charge in [-0.05, 0) is 72.8 Å². The van der Waals surface area contributed by atoms with Gasteiger partial charge in [0.15, 0.2) is 0 Å². The zero-order chi connectivity index (χ0) is 20.4. The lowest BCUT2D eigenvalue weighted by atomic mass is 9.46. The predicted octanol–water partition coefficient (Wildman–Crippen LogP) is 4.77. The molecule has 0 heterocycles. The van der Waals surface area contributed by atoms with Crippen LogP contribution in [0.5, 0.6) is 5.75 Å². The van der Waals surface area contributed by atoms with E-state index in [0.717, 1.165) is 18.4 Å². The van der Waals surface area contributed by atoms with Gasteiger partial charge in [-0.2, -0.15) is 0 Å². The summed E-state index contributed by atoms with van der Waals surface area (Å²) in [7, 11) is 0. The Morgan fingerprint density at radius 1 is 0.929 bits per heavy atom. The molecule has 3 heteroatoms. The predicted molar refractivity (Wildman–Crippen MR) is 111 cm³/mol. The molecule has 0 aromatic heterocycles. The highest BCUT2D eigenvalue weighted by atomic mass is 16.4. The summed E-state index contributed by atoms with van der Waals surface area (Å²) in [6.07, 6.45) is 2.84. The smallest absolute Gasteiger partial charge is 0.118 e. The third-order valence-electron chi connectivity index (χ3n) is 7.78. The van der Waals surface area contributed by atoms with E-state index in [1.165, 1.54) is 11.1 Å². The molecule has 3 nitrogen and oxygen atoms in total. The molecule has 0 unspecified atom stereocenters. The van der Waals surface area contributed by atoms with E-state index < -0.39 is 11.2 Å². The average molecular weight is 381 g/mol. The molecule has 4 atom stereocenters. The lowest BCUT2D eigenvalue weighted by molar-refractivity contribution is -0.207. The second-order valence-electron chi connectivity index (χ2n) is 9.91. The number of hydrogen-bond acceptors (Lipinski definition) is 3. The summed E-state index contributed by atoms with van der Waals surface area (Å²) < 4.78 is 0. The first-order valence-electron chi connectivity index (χ1n) is 10.4. The number of aliphatic hydroxyl groups is 2. The molecule has 28 heavy (non-hydrogen) atoms. The fraction of sp³-hybridized carbons (Fsp3) is 0.520. The van der Waals surface area contributed by atoms with Gasteiger partial charge in [0, 0.05) is 5.41 Å². The average Bonchev–Trinajstić information content (AvgIpc) is 2.64. The molecular weight excluding hydrogens is 348 g/mol. The van der Waals surface area contributed by atoms with Gasteiger partial charge in [0.2, 0.25) is 0 Å².